The smallest absolute Gasteiger partial charge is 0.0525 e. The van der Waals surface area contributed by atoms with E-state index in [0.29, 0.717) is 6.04 Å². The summed E-state index contributed by atoms with van der Waals surface area (Å²) in [6.45, 7) is 2.30. The number of hydrogen-bond acceptors (Lipinski definition) is 3. The number of piperidine rings is 1. The van der Waals surface area contributed by atoms with E-state index in [2.05, 4.69) is 24.1 Å². The molecule has 88 valence electrons. The molecule has 4 nitrogen and oxygen atoms in total. The van der Waals surface area contributed by atoms with Gasteiger partial charge in [-0.05, 0) is 45.0 Å². The van der Waals surface area contributed by atoms with Crippen molar-refractivity contribution in [2.75, 3.05) is 20.1 Å². The molecule has 2 heterocycles. The molecular formula is C12H20N4. The van der Waals surface area contributed by atoms with E-state index in [1.165, 1.54) is 24.1 Å². The van der Waals surface area contributed by atoms with E-state index in [-0.39, 0.29) is 5.41 Å². The fourth-order valence-electron chi connectivity index (χ4n) is 3.51. The van der Waals surface area contributed by atoms with Crippen LogP contribution in [-0.2, 0) is 18.9 Å². The molecule has 1 aromatic heterocycles. The Balaban J connectivity index is 2.03. The van der Waals surface area contributed by atoms with E-state index in [9.17, 15) is 0 Å². The normalized spacial score (nSPS) is 28.6. The SMILES string of the molecule is CN1CCC2(CC1)c1c(cnn1C)C[C@H]2N. The maximum Gasteiger partial charge on any atom is 0.0525 e. The van der Waals surface area contributed by atoms with Crippen LogP contribution in [0.3, 0.4) is 0 Å². The van der Waals surface area contributed by atoms with Crippen LogP contribution in [0.25, 0.3) is 0 Å². The van der Waals surface area contributed by atoms with Crippen molar-refractivity contribution in [2.24, 2.45) is 12.8 Å². The molecule has 1 aliphatic carbocycles. The lowest BCUT2D eigenvalue weighted by molar-refractivity contribution is 0.165. The summed E-state index contributed by atoms with van der Waals surface area (Å²) in [6, 6.07) is 0.292. The van der Waals surface area contributed by atoms with Crippen LogP contribution < -0.4 is 5.73 Å². The van der Waals surface area contributed by atoms with Gasteiger partial charge in [-0.2, -0.15) is 5.10 Å². The van der Waals surface area contributed by atoms with Gasteiger partial charge in [0.25, 0.3) is 0 Å². The number of nitrogens with two attached hydrogens (primary N) is 1. The fraction of sp³-hybridized carbons (Fsp3) is 0.750. The molecule has 1 saturated heterocycles. The van der Waals surface area contributed by atoms with E-state index in [0.717, 1.165) is 19.5 Å². The second kappa shape index (κ2) is 3.31. The lowest BCUT2D eigenvalue weighted by Crippen LogP contribution is -2.50. The number of rotatable bonds is 0. The molecule has 0 radical (unpaired) electrons. The first-order chi connectivity index (χ1) is 7.63. The van der Waals surface area contributed by atoms with Crippen molar-refractivity contribution in [3.8, 4) is 0 Å². The molecule has 1 aliphatic heterocycles. The number of aromatic nitrogens is 2. The van der Waals surface area contributed by atoms with Crippen LogP contribution in [0.1, 0.15) is 24.1 Å². The minimum absolute atomic E-state index is 0.201. The molecule has 2 N–H and O–H groups in total. The molecule has 0 saturated carbocycles. The maximum absolute atomic E-state index is 6.39. The lowest BCUT2D eigenvalue weighted by Gasteiger charge is -2.41. The van der Waals surface area contributed by atoms with E-state index in [1.807, 2.05) is 10.9 Å². The number of fused-ring (bicyclic) bond motifs is 2. The Morgan fingerprint density at radius 1 is 1.38 bits per heavy atom. The van der Waals surface area contributed by atoms with Crippen LogP contribution in [0, 0.1) is 0 Å². The average Bonchev–Trinajstić information content (AvgIpc) is 2.74. The topological polar surface area (TPSA) is 47.1 Å². The summed E-state index contributed by atoms with van der Waals surface area (Å²) in [4.78, 5) is 2.40. The quantitative estimate of drug-likeness (QED) is 0.682. The number of likely N-dealkylation sites (tertiary alicyclic amines) is 1. The van der Waals surface area contributed by atoms with Gasteiger partial charge in [0.15, 0.2) is 0 Å². The van der Waals surface area contributed by atoms with Gasteiger partial charge in [0, 0.05) is 24.2 Å². The second-order valence-electron chi connectivity index (χ2n) is 5.41. The average molecular weight is 220 g/mol. The molecule has 16 heavy (non-hydrogen) atoms. The Morgan fingerprint density at radius 3 is 2.75 bits per heavy atom. The molecular weight excluding hydrogens is 200 g/mol. The first-order valence-electron chi connectivity index (χ1n) is 6.09. The Hall–Kier alpha value is -0.870. The largest absolute Gasteiger partial charge is 0.327 e. The van der Waals surface area contributed by atoms with Crippen molar-refractivity contribution < 1.29 is 0 Å². The van der Waals surface area contributed by atoms with Crippen LogP contribution in [-0.4, -0.2) is 40.9 Å². The zero-order valence-corrected chi connectivity index (χ0v) is 10.1. The summed E-state index contributed by atoms with van der Waals surface area (Å²) in [5.74, 6) is 0. The Labute approximate surface area is 96.4 Å². The van der Waals surface area contributed by atoms with E-state index in [4.69, 9.17) is 5.73 Å². The summed E-state index contributed by atoms with van der Waals surface area (Å²) in [7, 11) is 4.24. The van der Waals surface area contributed by atoms with Gasteiger partial charge in [0.1, 0.15) is 0 Å². The molecule has 1 aromatic rings. The van der Waals surface area contributed by atoms with Gasteiger partial charge < -0.3 is 10.6 Å². The third-order valence-corrected chi connectivity index (χ3v) is 4.52. The Kier molecular flexibility index (Phi) is 2.13. The van der Waals surface area contributed by atoms with Gasteiger partial charge in [-0.1, -0.05) is 0 Å². The molecule has 1 spiro atoms. The van der Waals surface area contributed by atoms with Gasteiger partial charge in [0.05, 0.1) is 6.20 Å². The van der Waals surface area contributed by atoms with E-state index < -0.39 is 0 Å². The van der Waals surface area contributed by atoms with Crippen molar-refractivity contribution in [1.29, 1.82) is 0 Å². The third-order valence-electron chi connectivity index (χ3n) is 4.52. The van der Waals surface area contributed by atoms with Gasteiger partial charge in [0.2, 0.25) is 0 Å². The molecule has 0 bridgehead atoms. The van der Waals surface area contributed by atoms with Crippen molar-refractivity contribution in [1.82, 2.24) is 14.7 Å². The van der Waals surface area contributed by atoms with E-state index >= 15 is 0 Å². The van der Waals surface area contributed by atoms with Crippen LogP contribution in [0.4, 0.5) is 0 Å². The van der Waals surface area contributed by atoms with E-state index in [1.54, 1.807) is 0 Å². The first-order valence-corrected chi connectivity index (χ1v) is 6.09. The van der Waals surface area contributed by atoms with Crippen LogP contribution in [0.2, 0.25) is 0 Å². The first kappa shape index (κ1) is 10.3. The molecule has 0 unspecified atom stereocenters. The Bertz CT molecular complexity index is 401. The molecule has 4 heteroatoms. The number of nitrogens with zero attached hydrogens (tertiary/aromatic N) is 3. The van der Waals surface area contributed by atoms with Crippen molar-refractivity contribution in [2.45, 2.75) is 30.7 Å². The summed E-state index contributed by atoms with van der Waals surface area (Å²) < 4.78 is 2.05. The van der Waals surface area contributed by atoms with Gasteiger partial charge in [-0.15, -0.1) is 0 Å². The second-order valence-corrected chi connectivity index (χ2v) is 5.41. The highest BCUT2D eigenvalue weighted by Gasteiger charge is 2.48. The standard InChI is InChI=1S/C12H20N4/c1-15-5-3-12(4-6-15)10(13)7-9-8-14-16(2)11(9)12/h8,10H,3-7,13H2,1-2H3/t10-/m1/s1. The minimum atomic E-state index is 0.201. The van der Waals surface area contributed by atoms with Crippen molar-refractivity contribution in [3.63, 3.8) is 0 Å². The summed E-state index contributed by atoms with van der Waals surface area (Å²) >= 11 is 0. The highest BCUT2D eigenvalue weighted by atomic mass is 15.3. The van der Waals surface area contributed by atoms with Crippen molar-refractivity contribution >= 4 is 0 Å². The van der Waals surface area contributed by atoms with Crippen molar-refractivity contribution in [3.05, 3.63) is 17.5 Å². The predicted octanol–water partition coefficient (Wildman–Crippen LogP) is 0.267. The summed E-state index contributed by atoms with van der Waals surface area (Å²) in [6.07, 6.45) is 5.36. The molecule has 2 aliphatic rings. The van der Waals surface area contributed by atoms with Crippen LogP contribution in [0.15, 0.2) is 6.20 Å². The van der Waals surface area contributed by atoms with Crippen LogP contribution >= 0.6 is 0 Å². The molecule has 3 rings (SSSR count). The van der Waals surface area contributed by atoms with Gasteiger partial charge >= 0.3 is 0 Å². The highest BCUT2D eigenvalue weighted by molar-refractivity contribution is 5.37. The summed E-state index contributed by atoms with van der Waals surface area (Å²) in [5.41, 5.74) is 9.38. The number of hydrogen-bond donors (Lipinski definition) is 1. The monoisotopic (exact) mass is 220 g/mol. The third kappa shape index (κ3) is 1.20. The van der Waals surface area contributed by atoms with Gasteiger partial charge in [-0.25, -0.2) is 0 Å². The van der Waals surface area contributed by atoms with Gasteiger partial charge in [-0.3, -0.25) is 4.68 Å². The fourth-order valence-corrected chi connectivity index (χ4v) is 3.51. The molecule has 0 aromatic carbocycles. The predicted molar refractivity (Wildman–Crippen MR) is 63.3 cm³/mol. The molecule has 1 atom stereocenters. The minimum Gasteiger partial charge on any atom is -0.327 e. The van der Waals surface area contributed by atoms with Crippen LogP contribution in [0.5, 0.6) is 0 Å². The Morgan fingerprint density at radius 2 is 2.06 bits per heavy atom. The molecule has 0 amide bonds. The lowest BCUT2D eigenvalue weighted by atomic mass is 9.73. The number of aryl methyl sites for hydroxylation is 1. The maximum atomic E-state index is 6.39. The summed E-state index contributed by atoms with van der Waals surface area (Å²) in [5, 5.41) is 4.39. The molecule has 1 fully saturated rings. The zero-order valence-electron chi connectivity index (χ0n) is 10.1. The highest BCUT2D eigenvalue weighted by Crippen LogP contribution is 2.44. The zero-order chi connectivity index (χ0) is 11.3.